The minimum absolute atomic E-state index is 0.0523. The summed E-state index contributed by atoms with van der Waals surface area (Å²) in [6, 6.07) is 17.7. The summed E-state index contributed by atoms with van der Waals surface area (Å²) in [7, 11) is 0. The lowest BCUT2D eigenvalue weighted by Crippen LogP contribution is -2.61. The molecule has 42 heavy (non-hydrogen) atoms. The minimum atomic E-state index is -1.34. The molecule has 7 rings (SSSR count). The topological polar surface area (TPSA) is 112 Å². The van der Waals surface area contributed by atoms with Crippen molar-refractivity contribution >= 4 is 28.9 Å². The van der Waals surface area contributed by atoms with E-state index >= 15 is 0 Å². The average molecular weight is 572 g/mol. The fourth-order valence-corrected chi connectivity index (χ4v) is 8.08. The third kappa shape index (κ3) is 6.03. The molecule has 4 aliphatic rings. The molecule has 0 spiro atoms. The fourth-order valence-electron chi connectivity index (χ4n) is 8.08. The molecule has 0 aliphatic heterocycles. The maximum Gasteiger partial charge on any atom is 0.408 e. The van der Waals surface area contributed by atoms with Gasteiger partial charge < -0.3 is 25.0 Å². The average Bonchev–Trinajstić information content (AvgIpc) is 3.37. The van der Waals surface area contributed by atoms with Crippen molar-refractivity contribution in [2.45, 2.75) is 69.9 Å². The van der Waals surface area contributed by atoms with Crippen molar-refractivity contribution in [2.75, 3.05) is 13.1 Å². The van der Waals surface area contributed by atoms with Crippen LogP contribution in [0.25, 0.3) is 10.9 Å². The minimum Gasteiger partial charge on any atom is -0.481 e. The van der Waals surface area contributed by atoms with Gasteiger partial charge in [0.15, 0.2) is 0 Å². The first-order valence-electron chi connectivity index (χ1n) is 15.4. The summed E-state index contributed by atoms with van der Waals surface area (Å²) >= 11 is 0. The molecule has 1 heterocycles. The lowest BCUT2D eigenvalue weighted by molar-refractivity contribution is -0.141. The van der Waals surface area contributed by atoms with Crippen molar-refractivity contribution in [3.8, 4) is 0 Å². The van der Waals surface area contributed by atoms with Crippen LogP contribution in [0.3, 0.4) is 0 Å². The van der Waals surface area contributed by atoms with Gasteiger partial charge in [-0.25, -0.2) is 4.79 Å². The molecule has 0 saturated heterocycles. The molecule has 4 aliphatic carbocycles. The van der Waals surface area contributed by atoms with E-state index in [4.69, 9.17) is 4.74 Å². The number of carboxylic acids is 1. The van der Waals surface area contributed by atoms with E-state index < -0.39 is 17.6 Å². The lowest BCUT2D eigenvalue weighted by Gasteiger charge is -2.53. The molecule has 1 aromatic heterocycles. The largest absolute Gasteiger partial charge is 0.481 e. The number of amides is 2. The Morgan fingerprint density at radius 3 is 2.31 bits per heavy atom. The van der Waals surface area contributed by atoms with Gasteiger partial charge in [0.05, 0.1) is 6.42 Å². The van der Waals surface area contributed by atoms with Gasteiger partial charge in [0.1, 0.15) is 11.6 Å². The third-order valence-corrected chi connectivity index (χ3v) is 9.85. The number of hydrogen-bond acceptors (Lipinski definition) is 4. The normalized spacial score (nSPS) is 25.6. The second kappa shape index (κ2) is 11.8. The summed E-state index contributed by atoms with van der Waals surface area (Å²) in [5.74, 6) is 1.04. The maximum atomic E-state index is 14.4. The molecular weight excluding hydrogens is 530 g/mol. The number of aliphatic carboxylic acids is 1. The molecule has 222 valence electrons. The van der Waals surface area contributed by atoms with Gasteiger partial charge in [-0.05, 0) is 86.3 Å². The summed E-state index contributed by atoms with van der Waals surface area (Å²) in [5.41, 5.74) is 1.56. The number of H-pyrrole nitrogens is 1. The number of fused-ring (bicyclic) bond motifs is 1. The first-order valence-corrected chi connectivity index (χ1v) is 15.4. The van der Waals surface area contributed by atoms with Crippen LogP contribution in [0.15, 0.2) is 60.8 Å². The predicted molar refractivity (Wildman–Crippen MR) is 160 cm³/mol. The molecule has 0 radical (unpaired) electrons. The Morgan fingerprint density at radius 2 is 1.62 bits per heavy atom. The van der Waals surface area contributed by atoms with Crippen LogP contribution in [0.2, 0.25) is 0 Å². The van der Waals surface area contributed by atoms with E-state index in [2.05, 4.69) is 10.3 Å². The van der Waals surface area contributed by atoms with Crippen LogP contribution in [0, 0.1) is 23.7 Å². The first-order chi connectivity index (χ1) is 20.3. The molecule has 3 N–H and O–H groups in total. The van der Waals surface area contributed by atoms with Gasteiger partial charge in [-0.1, -0.05) is 48.5 Å². The van der Waals surface area contributed by atoms with Gasteiger partial charge >= 0.3 is 12.1 Å². The van der Waals surface area contributed by atoms with Crippen LogP contribution in [-0.2, 0) is 27.2 Å². The predicted octanol–water partition coefficient (Wildman–Crippen LogP) is 5.57. The molecule has 2 amide bonds. The smallest absolute Gasteiger partial charge is 0.408 e. The number of nitrogens with zero attached hydrogens (tertiary/aromatic N) is 1. The number of hydrogen-bond donors (Lipinski definition) is 3. The number of aromatic amines is 1. The summed E-state index contributed by atoms with van der Waals surface area (Å²) in [6.07, 6.45) is 7.66. The number of rotatable bonds is 11. The number of nitrogens with one attached hydrogen (secondary N) is 2. The highest BCUT2D eigenvalue weighted by Gasteiger charge is 2.50. The molecule has 8 nitrogen and oxygen atoms in total. The maximum absolute atomic E-state index is 14.4. The second-order valence-corrected chi connectivity index (χ2v) is 13.0. The van der Waals surface area contributed by atoms with Gasteiger partial charge in [-0.2, -0.15) is 0 Å². The van der Waals surface area contributed by atoms with E-state index in [1.165, 1.54) is 6.42 Å². The monoisotopic (exact) mass is 571 g/mol. The Balaban J connectivity index is 1.25. The highest BCUT2D eigenvalue weighted by Crippen LogP contribution is 2.54. The zero-order valence-corrected chi connectivity index (χ0v) is 24.3. The Bertz CT molecular complexity index is 1410. The number of benzene rings is 2. The Hall–Kier alpha value is -3.81. The summed E-state index contributed by atoms with van der Waals surface area (Å²) < 4.78 is 6.16. The fraction of sp³-hybridized carbons (Fsp3) is 0.500. The molecule has 2 aromatic carbocycles. The van der Waals surface area contributed by atoms with Gasteiger partial charge in [0, 0.05) is 36.6 Å². The molecule has 4 bridgehead atoms. The third-order valence-electron chi connectivity index (χ3n) is 9.85. The van der Waals surface area contributed by atoms with Crippen molar-refractivity contribution in [1.82, 2.24) is 15.2 Å². The molecule has 4 saturated carbocycles. The van der Waals surface area contributed by atoms with E-state index in [0.717, 1.165) is 59.5 Å². The number of alkyl carbamates (subject to hydrolysis) is 1. The molecule has 3 aromatic rings. The van der Waals surface area contributed by atoms with Crippen LogP contribution in [0.5, 0.6) is 0 Å². The van der Waals surface area contributed by atoms with E-state index in [1.54, 1.807) is 11.8 Å². The van der Waals surface area contributed by atoms with Gasteiger partial charge in [-0.3, -0.25) is 9.59 Å². The van der Waals surface area contributed by atoms with Crippen molar-refractivity contribution in [3.05, 3.63) is 71.9 Å². The molecule has 8 heteroatoms. The second-order valence-electron chi connectivity index (χ2n) is 13.0. The van der Waals surface area contributed by atoms with E-state index in [-0.39, 0.29) is 31.4 Å². The van der Waals surface area contributed by atoms with Crippen molar-refractivity contribution in [1.29, 1.82) is 0 Å². The highest BCUT2D eigenvalue weighted by molar-refractivity contribution is 5.92. The van der Waals surface area contributed by atoms with Crippen LogP contribution >= 0.6 is 0 Å². The zero-order valence-electron chi connectivity index (χ0n) is 24.3. The summed E-state index contributed by atoms with van der Waals surface area (Å²) in [6.45, 7) is 2.13. The lowest BCUT2D eigenvalue weighted by atomic mass is 9.55. The van der Waals surface area contributed by atoms with Crippen molar-refractivity contribution in [3.63, 3.8) is 0 Å². The van der Waals surface area contributed by atoms with Gasteiger partial charge in [0.25, 0.3) is 0 Å². The van der Waals surface area contributed by atoms with Gasteiger partial charge in [0.2, 0.25) is 5.91 Å². The molecular formula is C34H41N3O5. The van der Waals surface area contributed by atoms with Crippen molar-refractivity contribution in [2.24, 2.45) is 23.7 Å². The SMILES string of the molecule is C[C@](Cc1c[nH]c2ccccc12)(NC(=O)OC1C2CC3CC(C2)CC1C3)C(=O)N(CCC(=O)O)CCc1ccccc1. The summed E-state index contributed by atoms with van der Waals surface area (Å²) in [4.78, 5) is 44.4. The van der Waals surface area contributed by atoms with Gasteiger partial charge in [-0.15, -0.1) is 0 Å². The zero-order chi connectivity index (χ0) is 29.3. The van der Waals surface area contributed by atoms with E-state index in [9.17, 15) is 19.5 Å². The summed E-state index contributed by atoms with van der Waals surface area (Å²) in [5, 5.41) is 13.4. The number of para-hydroxylation sites is 1. The van der Waals surface area contributed by atoms with E-state index in [1.807, 2.05) is 60.8 Å². The standard InChI is InChI=1S/C34H41N3O5/c1-34(20-27-21-35-29-10-6-5-9-28(27)29,32(40)37(14-12-30(38)39)13-11-22-7-3-2-4-8-22)36-33(41)42-31-25-16-23-15-24(18-25)19-26(31)17-23/h2-10,21,23-26,31,35H,11-20H2,1H3,(H,36,41)(H,38,39)/t23?,24?,25?,26?,31?,34-/m1/s1. The van der Waals surface area contributed by atoms with E-state index in [0.29, 0.717) is 24.8 Å². The van der Waals surface area contributed by atoms with Crippen LogP contribution in [-0.4, -0.2) is 57.7 Å². The number of carbonyl (C=O) groups is 3. The highest BCUT2D eigenvalue weighted by atomic mass is 16.6. The van der Waals surface area contributed by atoms with Crippen LogP contribution in [0.4, 0.5) is 4.79 Å². The number of ether oxygens (including phenoxy) is 1. The van der Waals surface area contributed by atoms with Crippen molar-refractivity contribution < 1.29 is 24.2 Å². The molecule has 1 atom stereocenters. The Labute approximate surface area is 246 Å². The molecule has 4 fully saturated rings. The molecule has 0 unspecified atom stereocenters. The van der Waals surface area contributed by atoms with Crippen LogP contribution < -0.4 is 5.32 Å². The van der Waals surface area contributed by atoms with Crippen LogP contribution in [0.1, 0.15) is 56.6 Å². The Kier molecular flexibility index (Phi) is 7.97. The Morgan fingerprint density at radius 1 is 0.952 bits per heavy atom. The first kappa shape index (κ1) is 28.3. The number of carbonyl (C=O) groups excluding carboxylic acids is 2. The number of aromatic nitrogens is 1. The quantitative estimate of drug-likeness (QED) is 0.279. The number of carboxylic acid groups (broad SMARTS) is 1.